The lowest BCUT2D eigenvalue weighted by Gasteiger charge is -2.04. The number of carbonyl (C=O) groups is 1. The van der Waals surface area contributed by atoms with Crippen molar-refractivity contribution in [2.45, 2.75) is 6.54 Å². The third-order valence-corrected chi connectivity index (χ3v) is 2.83. The highest BCUT2D eigenvalue weighted by Crippen LogP contribution is 2.11. The highest BCUT2D eigenvalue weighted by atomic mass is 16.1. The highest BCUT2D eigenvalue weighted by Gasteiger charge is 2.07. The van der Waals surface area contributed by atoms with Crippen LogP contribution in [0.1, 0.15) is 16.2 Å². The number of pyridine rings is 1. The fourth-order valence-corrected chi connectivity index (χ4v) is 1.84. The van der Waals surface area contributed by atoms with Gasteiger partial charge in [-0.2, -0.15) is 0 Å². The first-order valence-corrected chi connectivity index (χ1v) is 5.94. The Bertz CT molecular complexity index is 706. The van der Waals surface area contributed by atoms with Gasteiger partial charge in [0.1, 0.15) is 5.69 Å². The predicted octanol–water partition coefficient (Wildman–Crippen LogP) is 1.89. The molecule has 0 saturated heterocycles. The van der Waals surface area contributed by atoms with Crippen molar-refractivity contribution in [1.29, 1.82) is 0 Å². The van der Waals surface area contributed by atoms with Gasteiger partial charge in [0.15, 0.2) is 0 Å². The Kier molecular flexibility index (Phi) is 2.94. The summed E-state index contributed by atoms with van der Waals surface area (Å²) >= 11 is 0. The number of amides is 1. The molecule has 0 saturated carbocycles. The van der Waals surface area contributed by atoms with Gasteiger partial charge in [0.2, 0.25) is 0 Å². The van der Waals surface area contributed by atoms with Crippen molar-refractivity contribution in [3.63, 3.8) is 0 Å². The van der Waals surface area contributed by atoms with E-state index in [0.29, 0.717) is 12.2 Å². The molecule has 3 rings (SSSR count). The van der Waals surface area contributed by atoms with Gasteiger partial charge in [-0.05, 0) is 12.1 Å². The lowest BCUT2D eigenvalue weighted by Crippen LogP contribution is -2.23. The van der Waals surface area contributed by atoms with E-state index in [4.69, 9.17) is 0 Å². The van der Waals surface area contributed by atoms with E-state index in [0.717, 1.165) is 16.6 Å². The lowest BCUT2D eigenvalue weighted by molar-refractivity contribution is 0.0946. The largest absolute Gasteiger partial charge is 0.347 e. The molecule has 0 unspecified atom stereocenters. The number of benzene rings is 1. The third-order valence-electron chi connectivity index (χ3n) is 2.83. The Balaban J connectivity index is 1.77. The van der Waals surface area contributed by atoms with Crippen LogP contribution in [0.5, 0.6) is 0 Å². The van der Waals surface area contributed by atoms with Crippen molar-refractivity contribution in [3.05, 3.63) is 60.3 Å². The molecule has 0 spiro atoms. The number of nitrogens with one attached hydrogen (secondary N) is 2. The first-order valence-electron chi connectivity index (χ1n) is 5.94. The maximum absolute atomic E-state index is 12.0. The van der Waals surface area contributed by atoms with E-state index in [1.165, 1.54) is 0 Å². The summed E-state index contributed by atoms with van der Waals surface area (Å²) in [5.41, 5.74) is 2.09. The molecule has 0 bridgehead atoms. The van der Waals surface area contributed by atoms with Crippen LogP contribution in [0.25, 0.3) is 10.9 Å². The molecule has 2 aromatic heterocycles. The zero-order chi connectivity index (χ0) is 13.1. The van der Waals surface area contributed by atoms with Crippen LogP contribution in [0.3, 0.4) is 0 Å². The molecule has 0 aliphatic carbocycles. The number of hydrogen-bond donors (Lipinski definition) is 2. The summed E-state index contributed by atoms with van der Waals surface area (Å²) in [5.74, 6) is -0.194. The lowest BCUT2D eigenvalue weighted by atomic mass is 10.2. The second-order valence-corrected chi connectivity index (χ2v) is 4.15. The van der Waals surface area contributed by atoms with E-state index >= 15 is 0 Å². The van der Waals surface area contributed by atoms with Gasteiger partial charge in [0.25, 0.3) is 5.91 Å². The van der Waals surface area contributed by atoms with Crippen molar-refractivity contribution in [2.24, 2.45) is 0 Å². The van der Waals surface area contributed by atoms with Crippen LogP contribution in [0.4, 0.5) is 0 Å². The maximum atomic E-state index is 12.0. The van der Waals surface area contributed by atoms with E-state index < -0.39 is 0 Å². The number of aromatic amines is 1. The number of para-hydroxylation sites is 1. The van der Waals surface area contributed by atoms with Gasteiger partial charge in [0, 0.05) is 11.6 Å². The van der Waals surface area contributed by atoms with Crippen molar-refractivity contribution in [1.82, 2.24) is 20.3 Å². The molecule has 2 N–H and O–H groups in total. The zero-order valence-corrected chi connectivity index (χ0v) is 10.1. The molecule has 1 amide bonds. The average Bonchev–Trinajstić information content (AvgIpc) is 2.97. The summed E-state index contributed by atoms with van der Waals surface area (Å²) < 4.78 is 0. The number of hydrogen-bond acceptors (Lipinski definition) is 3. The SMILES string of the molecule is O=C(NCc1cnc[nH]1)c1ccc2ccccc2n1. The molecular formula is C14H12N4O. The molecule has 2 heterocycles. The summed E-state index contributed by atoms with van der Waals surface area (Å²) in [5, 5.41) is 3.81. The molecular weight excluding hydrogens is 240 g/mol. The molecule has 5 heteroatoms. The zero-order valence-electron chi connectivity index (χ0n) is 10.1. The van der Waals surface area contributed by atoms with E-state index in [9.17, 15) is 4.79 Å². The molecule has 19 heavy (non-hydrogen) atoms. The summed E-state index contributed by atoms with van der Waals surface area (Å²) in [6, 6.07) is 11.3. The van der Waals surface area contributed by atoms with Crippen LogP contribution in [-0.4, -0.2) is 20.9 Å². The van der Waals surface area contributed by atoms with Gasteiger partial charge >= 0.3 is 0 Å². The Morgan fingerprint density at radius 3 is 2.95 bits per heavy atom. The number of fused-ring (bicyclic) bond motifs is 1. The van der Waals surface area contributed by atoms with Gasteiger partial charge in [-0.15, -0.1) is 0 Å². The highest BCUT2D eigenvalue weighted by molar-refractivity contribution is 5.94. The molecule has 0 radical (unpaired) electrons. The molecule has 1 aromatic carbocycles. The van der Waals surface area contributed by atoms with Crippen molar-refractivity contribution in [2.75, 3.05) is 0 Å². The topological polar surface area (TPSA) is 70.7 Å². The third kappa shape index (κ3) is 2.44. The van der Waals surface area contributed by atoms with Crippen LogP contribution in [0.2, 0.25) is 0 Å². The molecule has 0 aliphatic rings. The molecule has 0 atom stereocenters. The average molecular weight is 252 g/mol. The van der Waals surface area contributed by atoms with Gasteiger partial charge in [0.05, 0.1) is 24.1 Å². The molecule has 3 aromatic rings. The number of nitrogens with zero attached hydrogens (tertiary/aromatic N) is 2. The van der Waals surface area contributed by atoms with E-state index in [1.807, 2.05) is 30.3 Å². The first-order chi connectivity index (χ1) is 9.33. The quantitative estimate of drug-likeness (QED) is 0.747. The Morgan fingerprint density at radius 1 is 1.21 bits per heavy atom. The van der Waals surface area contributed by atoms with Crippen molar-refractivity contribution in [3.8, 4) is 0 Å². The van der Waals surface area contributed by atoms with E-state index in [1.54, 1.807) is 18.6 Å². The second kappa shape index (κ2) is 4.89. The maximum Gasteiger partial charge on any atom is 0.270 e. The van der Waals surface area contributed by atoms with E-state index in [2.05, 4.69) is 20.3 Å². The van der Waals surface area contributed by atoms with Crippen LogP contribution in [-0.2, 0) is 6.54 Å². The Hall–Kier alpha value is -2.69. The molecule has 94 valence electrons. The minimum Gasteiger partial charge on any atom is -0.347 e. The smallest absolute Gasteiger partial charge is 0.270 e. The van der Waals surface area contributed by atoms with Gasteiger partial charge < -0.3 is 10.3 Å². The number of carbonyl (C=O) groups excluding carboxylic acids is 1. The normalized spacial score (nSPS) is 10.5. The Morgan fingerprint density at radius 2 is 2.11 bits per heavy atom. The van der Waals surface area contributed by atoms with E-state index in [-0.39, 0.29) is 5.91 Å². The monoisotopic (exact) mass is 252 g/mol. The van der Waals surface area contributed by atoms with Crippen molar-refractivity contribution < 1.29 is 4.79 Å². The number of rotatable bonds is 3. The van der Waals surface area contributed by atoms with Crippen LogP contribution in [0, 0.1) is 0 Å². The minimum absolute atomic E-state index is 0.194. The summed E-state index contributed by atoms with van der Waals surface area (Å²) in [6.45, 7) is 0.410. The van der Waals surface area contributed by atoms with Gasteiger partial charge in [-0.1, -0.05) is 24.3 Å². The number of H-pyrrole nitrogens is 1. The van der Waals surface area contributed by atoms with Crippen LogP contribution < -0.4 is 5.32 Å². The summed E-state index contributed by atoms with van der Waals surface area (Å²) in [6.07, 6.45) is 3.25. The first kappa shape index (κ1) is 11.4. The fourth-order valence-electron chi connectivity index (χ4n) is 1.84. The number of imidazole rings is 1. The predicted molar refractivity (Wildman–Crippen MR) is 71.5 cm³/mol. The van der Waals surface area contributed by atoms with Gasteiger partial charge in [-0.3, -0.25) is 4.79 Å². The summed E-state index contributed by atoms with van der Waals surface area (Å²) in [4.78, 5) is 23.1. The van der Waals surface area contributed by atoms with Gasteiger partial charge in [-0.25, -0.2) is 9.97 Å². The molecule has 5 nitrogen and oxygen atoms in total. The molecule has 0 fully saturated rings. The minimum atomic E-state index is -0.194. The second-order valence-electron chi connectivity index (χ2n) is 4.15. The molecule has 0 aliphatic heterocycles. The van der Waals surface area contributed by atoms with Crippen LogP contribution >= 0.6 is 0 Å². The van der Waals surface area contributed by atoms with Crippen LogP contribution in [0.15, 0.2) is 48.9 Å². The summed E-state index contributed by atoms with van der Waals surface area (Å²) in [7, 11) is 0. The van der Waals surface area contributed by atoms with Crippen molar-refractivity contribution >= 4 is 16.8 Å². The fraction of sp³-hybridized carbons (Fsp3) is 0.0714. The Labute approximate surface area is 109 Å². The standard InChI is InChI=1S/C14H12N4O/c19-14(16-8-11-7-15-9-17-11)13-6-5-10-3-1-2-4-12(10)18-13/h1-7,9H,8H2,(H,15,17)(H,16,19). The number of aromatic nitrogens is 3.